The van der Waals surface area contributed by atoms with Gasteiger partial charge in [-0.15, -0.1) is 11.6 Å². The van der Waals surface area contributed by atoms with Gasteiger partial charge in [0.2, 0.25) is 0 Å². The summed E-state index contributed by atoms with van der Waals surface area (Å²) in [7, 11) is -3.11. The van der Waals surface area contributed by atoms with Gasteiger partial charge in [-0.1, -0.05) is 13.8 Å². The maximum atomic E-state index is 11.7. The standard InChI is InChI=1S/C13H20ClNO2S/c1-4-18(16,17)13-7-5-12(6-8-13)15-11(3)10(2)9-14/h5-8,10-11,15H,4,9H2,1-3H3. The third-order valence-electron chi connectivity index (χ3n) is 3.08. The third kappa shape index (κ3) is 3.89. The molecule has 5 heteroatoms. The molecule has 0 saturated heterocycles. The Morgan fingerprint density at radius 2 is 1.78 bits per heavy atom. The molecule has 1 rings (SSSR count). The van der Waals surface area contributed by atoms with Crippen molar-refractivity contribution in [2.45, 2.75) is 31.7 Å². The smallest absolute Gasteiger partial charge is 0.178 e. The molecule has 3 nitrogen and oxygen atoms in total. The van der Waals surface area contributed by atoms with Gasteiger partial charge in [-0.25, -0.2) is 8.42 Å². The van der Waals surface area contributed by atoms with Crippen LogP contribution in [-0.4, -0.2) is 26.1 Å². The van der Waals surface area contributed by atoms with Crippen molar-refractivity contribution in [1.29, 1.82) is 0 Å². The molecule has 0 saturated carbocycles. The molecule has 0 aliphatic carbocycles. The quantitative estimate of drug-likeness (QED) is 0.818. The molecule has 1 N–H and O–H groups in total. The topological polar surface area (TPSA) is 46.2 Å². The predicted octanol–water partition coefficient (Wildman–Crippen LogP) is 3.16. The van der Waals surface area contributed by atoms with Crippen LogP contribution < -0.4 is 5.32 Å². The molecule has 0 spiro atoms. The van der Waals surface area contributed by atoms with Crippen molar-refractivity contribution in [1.82, 2.24) is 0 Å². The first-order valence-electron chi connectivity index (χ1n) is 6.06. The average molecular weight is 290 g/mol. The lowest BCUT2D eigenvalue weighted by atomic mass is 10.1. The minimum absolute atomic E-state index is 0.124. The average Bonchev–Trinajstić information content (AvgIpc) is 2.38. The fourth-order valence-electron chi connectivity index (χ4n) is 1.46. The summed E-state index contributed by atoms with van der Waals surface area (Å²) in [6.45, 7) is 5.77. The van der Waals surface area contributed by atoms with E-state index in [-0.39, 0.29) is 11.8 Å². The summed E-state index contributed by atoms with van der Waals surface area (Å²) < 4.78 is 23.3. The van der Waals surface area contributed by atoms with Gasteiger partial charge in [0.05, 0.1) is 10.6 Å². The van der Waals surface area contributed by atoms with Crippen LogP contribution in [0.3, 0.4) is 0 Å². The van der Waals surface area contributed by atoms with Crippen molar-refractivity contribution >= 4 is 27.1 Å². The van der Waals surface area contributed by atoms with Crippen molar-refractivity contribution in [2.75, 3.05) is 16.9 Å². The molecule has 18 heavy (non-hydrogen) atoms. The Balaban J connectivity index is 2.78. The lowest BCUT2D eigenvalue weighted by Crippen LogP contribution is -2.24. The highest BCUT2D eigenvalue weighted by Gasteiger charge is 2.13. The molecule has 0 heterocycles. The summed E-state index contributed by atoms with van der Waals surface area (Å²) in [5, 5.41) is 3.31. The molecule has 0 radical (unpaired) electrons. The van der Waals surface area contributed by atoms with Crippen LogP contribution in [0.25, 0.3) is 0 Å². The van der Waals surface area contributed by atoms with Crippen molar-refractivity contribution in [3.05, 3.63) is 24.3 Å². The van der Waals surface area contributed by atoms with E-state index in [1.54, 1.807) is 31.2 Å². The Kier molecular flexibility index (Phi) is 5.47. The van der Waals surface area contributed by atoms with Crippen LogP contribution in [0.15, 0.2) is 29.2 Å². The molecule has 0 fully saturated rings. The minimum atomic E-state index is -3.11. The van der Waals surface area contributed by atoms with Crippen molar-refractivity contribution in [3.63, 3.8) is 0 Å². The summed E-state index contributed by atoms with van der Waals surface area (Å²) >= 11 is 5.80. The van der Waals surface area contributed by atoms with Gasteiger partial charge >= 0.3 is 0 Å². The van der Waals surface area contributed by atoms with Gasteiger partial charge in [0.15, 0.2) is 9.84 Å². The second kappa shape index (κ2) is 6.43. The molecule has 1 aromatic rings. The molecule has 0 aliphatic rings. The van der Waals surface area contributed by atoms with E-state index in [2.05, 4.69) is 19.2 Å². The second-order valence-corrected chi connectivity index (χ2v) is 7.08. The van der Waals surface area contributed by atoms with E-state index in [9.17, 15) is 8.42 Å². The van der Waals surface area contributed by atoms with E-state index in [0.717, 1.165) is 5.69 Å². The zero-order valence-corrected chi connectivity index (χ0v) is 12.6. The number of alkyl halides is 1. The fourth-order valence-corrected chi connectivity index (χ4v) is 2.62. The predicted molar refractivity (Wildman–Crippen MR) is 77.1 cm³/mol. The van der Waals surface area contributed by atoms with Crippen molar-refractivity contribution < 1.29 is 8.42 Å². The Morgan fingerprint density at radius 3 is 2.22 bits per heavy atom. The highest BCUT2D eigenvalue weighted by Crippen LogP contribution is 2.18. The molecule has 0 aromatic heterocycles. The lowest BCUT2D eigenvalue weighted by Gasteiger charge is -2.20. The van der Waals surface area contributed by atoms with Gasteiger partial charge in [0, 0.05) is 17.6 Å². The molecule has 2 atom stereocenters. The number of anilines is 1. The molecule has 0 amide bonds. The number of nitrogens with one attached hydrogen (secondary N) is 1. The first-order chi connectivity index (χ1) is 8.40. The second-order valence-electron chi connectivity index (χ2n) is 4.49. The van der Waals surface area contributed by atoms with Crippen LogP contribution in [0.4, 0.5) is 5.69 Å². The summed E-state index contributed by atoms with van der Waals surface area (Å²) in [5.41, 5.74) is 0.912. The highest BCUT2D eigenvalue weighted by atomic mass is 35.5. The van der Waals surface area contributed by atoms with E-state index in [0.29, 0.717) is 16.7 Å². The van der Waals surface area contributed by atoms with E-state index in [4.69, 9.17) is 11.6 Å². The summed E-state index contributed by atoms with van der Waals surface area (Å²) in [6.07, 6.45) is 0. The zero-order chi connectivity index (χ0) is 13.8. The molecule has 102 valence electrons. The first kappa shape index (κ1) is 15.3. The number of rotatable bonds is 6. The fraction of sp³-hybridized carbons (Fsp3) is 0.538. The van der Waals surface area contributed by atoms with Crippen LogP contribution in [0.5, 0.6) is 0 Å². The number of benzene rings is 1. The summed E-state index contributed by atoms with van der Waals surface area (Å²) in [6, 6.07) is 7.11. The number of hydrogen-bond acceptors (Lipinski definition) is 3. The van der Waals surface area contributed by atoms with Gasteiger partial charge in [-0.05, 0) is 37.1 Å². The highest BCUT2D eigenvalue weighted by molar-refractivity contribution is 7.91. The Bertz CT molecular complexity index is 470. The van der Waals surface area contributed by atoms with E-state index in [1.807, 2.05) is 0 Å². The zero-order valence-electron chi connectivity index (χ0n) is 11.0. The SMILES string of the molecule is CCS(=O)(=O)c1ccc(NC(C)C(C)CCl)cc1. The van der Waals surface area contributed by atoms with Crippen LogP contribution >= 0.6 is 11.6 Å². The van der Waals surface area contributed by atoms with Crippen LogP contribution in [-0.2, 0) is 9.84 Å². The lowest BCUT2D eigenvalue weighted by molar-refractivity contribution is 0.566. The van der Waals surface area contributed by atoms with Gasteiger partial charge in [-0.2, -0.15) is 0 Å². The number of halogens is 1. The molecule has 0 aliphatic heterocycles. The number of sulfone groups is 1. The normalized spacial score (nSPS) is 15.1. The molecular weight excluding hydrogens is 270 g/mol. The maximum absolute atomic E-state index is 11.7. The van der Waals surface area contributed by atoms with E-state index < -0.39 is 9.84 Å². The third-order valence-corrected chi connectivity index (χ3v) is 5.32. The Hall–Kier alpha value is -0.740. The van der Waals surface area contributed by atoms with Crippen molar-refractivity contribution in [3.8, 4) is 0 Å². The van der Waals surface area contributed by atoms with E-state index >= 15 is 0 Å². The maximum Gasteiger partial charge on any atom is 0.178 e. The molecule has 0 bridgehead atoms. The largest absolute Gasteiger partial charge is 0.382 e. The van der Waals surface area contributed by atoms with Crippen LogP contribution in [0.2, 0.25) is 0 Å². The number of hydrogen-bond donors (Lipinski definition) is 1. The summed E-state index contributed by atoms with van der Waals surface area (Å²) in [5.74, 6) is 1.07. The molecule has 1 aromatic carbocycles. The monoisotopic (exact) mass is 289 g/mol. The van der Waals surface area contributed by atoms with Crippen LogP contribution in [0.1, 0.15) is 20.8 Å². The van der Waals surface area contributed by atoms with Gasteiger partial charge < -0.3 is 5.32 Å². The minimum Gasteiger partial charge on any atom is -0.382 e. The van der Waals surface area contributed by atoms with Gasteiger partial charge in [0.25, 0.3) is 0 Å². The Labute approximate surface area is 114 Å². The molecular formula is C13H20ClNO2S. The molecule has 2 unspecified atom stereocenters. The van der Waals surface area contributed by atoms with Crippen molar-refractivity contribution in [2.24, 2.45) is 5.92 Å². The van der Waals surface area contributed by atoms with E-state index in [1.165, 1.54) is 0 Å². The summed E-state index contributed by atoms with van der Waals surface area (Å²) in [4.78, 5) is 0.369. The first-order valence-corrected chi connectivity index (χ1v) is 8.24. The van der Waals surface area contributed by atoms with Gasteiger partial charge in [-0.3, -0.25) is 0 Å². The Morgan fingerprint density at radius 1 is 1.22 bits per heavy atom. The van der Waals surface area contributed by atoms with Gasteiger partial charge in [0.1, 0.15) is 0 Å². The van der Waals surface area contributed by atoms with Crippen LogP contribution in [0, 0.1) is 5.92 Å².